The number of carboxylic acid groups (broad SMARTS) is 1. The van der Waals surface area contributed by atoms with Gasteiger partial charge in [0.1, 0.15) is 29.1 Å². The zero-order chi connectivity index (χ0) is 35.1. The van der Waals surface area contributed by atoms with Crippen molar-refractivity contribution in [2.24, 2.45) is 0 Å². The summed E-state index contributed by atoms with van der Waals surface area (Å²) in [4.78, 5) is 72.6. The molecule has 15 heteroatoms. The van der Waals surface area contributed by atoms with Gasteiger partial charge in [-0.1, -0.05) is 18.2 Å². The van der Waals surface area contributed by atoms with Crippen LogP contribution >= 0.6 is 0 Å². The van der Waals surface area contributed by atoms with Crippen LogP contribution in [-0.4, -0.2) is 107 Å². The highest BCUT2D eigenvalue weighted by Crippen LogP contribution is 2.34. The van der Waals surface area contributed by atoms with E-state index in [0.717, 1.165) is 12.1 Å². The van der Waals surface area contributed by atoms with Crippen LogP contribution in [0.4, 0.5) is 13.6 Å². The van der Waals surface area contributed by atoms with Gasteiger partial charge in [-0.15, -0.1) is 0 Å². The van der Waals surface area contributed by atoms with Crippen molar-refractivity contribution in [3.05, 3.63) is 71.4 Å². The summed E-state index contributed by atoms with van der Waals surface area (Å²) in [5.41, 5.74) is 0.454. The number of nitrogens with zero attached hydrogens (tertiary/aromatic N) is 4. The maximum Gasteiger partial charge on any atom is 0.409 e. The molecule has 49 heavy (non-hydrogen) atoms. The SMILES string of the molecule is CCOC(=O)N1CCN(C(=O)C(CCC(=O)O)NC(=O)c2cc(OCC(=O)N3CCC[C@H]3c3ccc(F)cc3F)c3ccccc3n2)CC1. The topological polar surface area (TPSA) is 159 Å². The van der Waals surface area contributed by atoms with Crippen LogP contribution in [0.15, 0.2) is 48.5 Å². The molecule has 2 fully saturated rings. The van der Waals surface area contributed by atoms with E-state index in [0.29, 0.717) is 30.3 Å². The summed E-state index contributed by atoms with van der Waals surface area (Å²) in [6.45, 7) is 2.59. The van der Waals surface area contributed by atoms with Crippen molar-refractivity contribution in [3.8, 4) is 5.75 Å². The predicted molar refractivity (Wildman–Crippen MR) is 171 cm³/mol. The fraction of sp³-hybridized carbons (Fsp3) is 0.412. The number of piperazine rings is 1. The number of carbonyl (C=O) groups is 5. The van der Waals surface area contributed by atoms with Crippen molar-refractivity contribution in [3.63, 3.8) is 0 Å². The Kier molecular flexibility index (Phi) is 11.2. The quantitative estimate of drug-likeness (QED) is 0.309. The summed E-state index contributed by atoms with van der Waals surface area (Å²) >= 11 is 0. The van der Waals surface area contributed by atoms with Gasteiger partial charge >= 0.3 is 12.1 Å². The fourth-order valence-electron chi connectivity index (χ4n) is 6.06. The maximum atomic E-state index is 14.6. The lowest BCUT2D eigenvalue weighted by Gasteiger charge is -2.35. The Bertz CT molecular complexity index is 1730. The number of halogens is 2. The Labute approximate surface area is 280 Å². The zero-order valence-corrected chi connectivity index (χ0v) is 26.9. The standard InChI is InChI=1S/C34H37F2N5O8/c1-2-48-34(47)40-16-14-39(15-17-40)33(46)26(11-12-31(43)44)38-32(45)27-19-29(23-6-3-4-7-25(23)37-27)49-20-30(42)41-13-5-8-28(41)22-10-9-21(35)18-24(22)36/h3-4,6-7,9-10,18-19,26,28H,2,5,8,11-17,20H2,1H3,(H,38,45)(H,43,44)/t26?,28-/m0/s1. The number of carbonyl (C=O) groups excluding carboxylic acids is 4. The van der Waals surface area contributed by atoms with Crippen molar-refractivity contribution >= 4 is 40.7 Å². The summed E-state index contributed by atoms with van der Waals surface area (Å²) in [5.74, 6) is -4.12. The highest BCUT2D eigenvalue weighted by atomic mass is 19.1. The molecule has 0 radical (unpaired) electrons. The summed E-state index contributed by atoms with van der Waals surface area (Å²) in [7, 11) is 0. The molecule has 3 aromatic rings. The maximum absolute atomic E-state index is 14.6. The molecule has 3 heterocycles. The van der Waals surface area contributed by atoms with Gasteiger partial charge in [-0.2, -0.15) is 0 Å². The first-order chi connectivity index (χ1) is 23.5. The third-order valence-corrected chi connectivity index (χ3v) is 8.52. The molecule has 2 aliphatic heterocycles. The van der Waals surface area contributed by atoms with Crippen LogP contribution in [0.25, 0.3) is 10.9 Å². The Morgan fingerprint density at radius 3 is 2.45 bits per heavy atom. The lowest BCUT2D eigenvalue weighted by atomic mass is 10.0. The number of hydrogen-bond acceptors (Lipinski definition) is 8. The number of nitrogens with one attached hydrogen (secondary N) is 1. The molecule has 0 spiro atoms. The van der Waals surface area contributed by atoms with E-state index in [9.17, 15) is 37.9 Å². The number of rotatable bonds is 11. The number of ether oxygens (including phenoxy) is 2. The summed E-state index contributed by atoms with van der Waals surface area (Å²) in [6.07, 6.45) is 0.0581. The minimum absolute atomic E-state index is 0.131. The monoisotopic (exact) mass is 681 g/mol. The van der Waals surface area contributed by atoms with Crippen LogP contribution in [0.3, 0.4) is 0 Å². The zero-order valence-electron chi connectivity index (χ0n) is 26.9. The highest BCUT2D eigenvalue weighted by Gasteiger charge is 2.33. The van der Waals surface area contributed by atoms with Gasteiger partial charge < -0.3 is 34.6 Å². The van der Waals surface area contributed by atoms with Crippen LogP contribution < -0.4 is 10.1 Å². The van der Waals surface area contributed by atoms with Gasteiger partial charge in [0.15, 0.2) is 6.61 Å². The molecule has 1 unspecified atom stereocenters. The third-order valence-electron chi connectivity index (χ3n) is 8.52. The van der Waals surface area contributed by atoms with E-state index in [1.807, 2.05) is 0 Å². The van der Waals surface area contributed by atoms with Gasteiger partial charge in [0.2, 0.25) is 5.91 Å². The average Bonchev–Trinajstić information content (AvgIpc) is 3.58. The van der Waals surface area contributed by atoms with E-state index >= 15 is 0 Å². The normalized spacial score (nSPS) is 16.7. The lowest BCUT2D eigenvalue weighted by Crippen LogP contribution is -2.56. The van der Waals surface area contributed by atoms with E-state index in [2.05, 4.69) is 10.3 Å². The number of para-hydroxylation sites is 1. The molecule has 2 aliphatic rings. The molecule has 2 N–H and O–H groups in total. The molecular formula is C34H37F2N5O8. The van der Waals surface area contributed by atoms with Crippen LogP contribution in [0, 0.1) is 11.6 Å². The largest absolute Gasteiger partial charge is 0.483 e. The van der Waals surface area contributed by atoms with Gasteiger partial charge in [-0.25, -0.2) is 18.6 Å². The van der Waals surface area contributed by atoms with Crippen molar-refractivity contribution in [1.82, 2.24) is 25.0 Å². The molecular weight excluding hydrogens is 644 g/mol. The molecule has 13 nitrogen and oxygen atoms in total. The Morgan fingerprint density at radius 1 is 1.00 bits per heavy atom. The van der Waals surface area contributed by atoms with Crippen LogP contribution in [0.1, 0.15) is 54.7 Å². The number of aliphatic carboxylic acids is 1. The van der Waals surface area contributed by atoms with Gasteiger partial charge in [-0.05, 0) is 44.4 Å². The van der Waals surface area contributed by atoms with Gasteiger partial charge in [-0.3, -0.25) is 19.2 Å². The fourth-order valence-corrected chi connectivity index (χ4v) is 6.06. The number of carboxylic acids is 1. The van der Waals surface area contributed by atoms with Gasteiger partial charge in [0, 0.05) is 62.2 Å². The van der Waals surface area contributed by atoms with E-state index in [1.165, 1.54) is 26.8 Å². The second-order valence-corrected chi connectivity index (χ2v) is 11.7. The molecule has 2 atom stereocenters. The molecule has 0 saturated carbocycles. The first-order valence-corrected chi connectivity index (χ1v) is 16.1. The minimum Gasteiger partial charge on any atom is -0.483 e. The Balaban J connectivity index is 1.30. The second kappa shape index (κ2) is 15.7. The molecule has 2 aromatic carbocycles. The van der Waals surface area contributed by atoms with Crippen molar-refractivity contribution < 1.29 is 47.3 Å². The first kappa shape index (κ1) is 35.0. The lowest BCUT2D eigenvalue weighted by molar-refractivity contribution is -0.138. The number of aromatic nitrogens is 1. The van der Waals surface area contributed by atoms with Gasteiger partial charge in [0.05, 0.1) is 18.2 Å². The third kappa shape index (κ3) is 8.39. The van der Waals surface area contributed by atoms with Crippen LogP contribution in [0.2, 0.25) is 0 Å². The van der Waals surface area contributed by atoms with E-state index in [4.69, 9.17) is 9.47 Å². The molecule has 0 bridgehead atoms. The van der Waals surface area contributed by atoms with E-state index in [1.54, 1.807) is 31.2 Å². The number of hydrogen-bond donors (Lipinski definition) is 2. The van der Waals surface area contributed by atoms with Gasteiger partial charge in [0.25, 0.3) is 11.8 Å². The Hall–Kier alpha value is -5.34. The summed E-state index contributed by atoms with van der Waals surface area (Å²) < 4.78 is 39.0. The van der Waals surface area contributed by atoms with Crippen LogP contribution in [0.5, 0.6) is 5.75 Å². The highest BCUT2D eigenvalue weighted by molar-refractivity contribution is 5.99. The molecule has 4 amide bonds. The number of benzene rings is 2. The number of fused-ring (bicyclic) bond motifs is 1. The number of likely N-dealkylation sites (tertiary alicyclic amines) is 1. The smallest absolute Gasteiger partial charge is 0.409 e. The van der Waals surface area contributed by atoms with E-state index in [-0.39, 0.29) is 62.6 Å². The van der Waals surface area contributed by atoms with Crippen LogP contribution in [-0.2, 0) is 19.1 Å². The van der Waals surface area contributed by atoms with Crippen molar-refractivity contribution in [1.29, 1.82) is 0 Å². The molecule has 5 rings (SSSR count). The molecule has 1 aromatic heterocycles. The first-order valence-electron chi connectivity index (χ1n) is 16.1. The average molecular weight is 682 g/mol. The van der Waals surface area contributed by atoms with Crippen molar-refractivity contribution in [2.45, 2.75) is 44.7 Å². The molecule has 260 valence electrons. The summed E-state index contributed by atoms with van der Waals surface area (Å²) in [5, 5.41) is 12.4. The second-order valence-electron chi connectivity index (χ2n) is 11.7. The Morgan fingerprint density at radius 2 is 1.73 bits per heavy atom. The number of pyridine rings is 1. The molecule has 0 aliphatic carbocycles. The summed E-state index contributed by atoms with van der Waals surface area (Å²) in [6, 6.07) is 9.60. The number of amides is 4. The predicted octanol–water partition coefficient (Wildman–Crippen LogP) is 3.52. The minimum atomic E-state index is -1.20. The molecule has 2 saturated heterocycles. The van der Waals surface area contributed by atoms with E-state index < -0.39 is 60.1 Å². The van der Waals surface area contributed by atoms with Crippen molar-refractivity contribution in [2.75, 3.05) is 45.9 Å².